The Balaban J connectivity index is 2.50. The van der Waals surface area contributed by atoms with Crippen molar-refractivity contribution in [1.82, 2.24) is 5.32 Å². The number of hydrogen-bond acceptors (Lipinski definition) is 5. The largest absolute Gasteiger partial charge is 0.493 e. The van der Waals surface area contributed by atoms with E-state index in [1.54, 1.807) is 18.2 Å². The van der Waals surface area contributed by atoms with Crippen molar-refractivity contribution in [2.45, 2.75) is 6.42 Å². The monoisotopic (exact) mass is 277 g/mol. The third-order valence-electron chi connectivity index (χ3n) is 2.96. The van der Waals surface area contributed by atoms with Crippen LogP contribution in [0, 0.1) is 0 Å². The van der Waals surface area contributed by atoms with Crippen LogP contribution in [0.5, 0.6) is 17.2 Å². The van der Waals surface area contributed by atoms with Crippen LogP contribution in [-0.4, -0.2) is 33.1 Å². The molecule has 1 saturated heterocycles. The van der Waals surface area contributed by atoms with Gasteiger partial charge in [0.1, 0.15) is 0 Å². The molecule has 1 N–H and O–H groups in total. The average Bonchev–Trinajstić information content (AvgIpc) is 2.76. The number of ether oxygens (including phenoxy) is 3. The minimum atomic E-state index is -0.383. The Kier molecular flexibility index (Phi) is 3.93. The van der Waals surface area contributed by atoms with Gasteiger partial charge in [0.15, 0.2) is 11.5 Å². The van der Waals surface area contributed by atoms with Crippen LogP contribution in [0.3, 0.4) is 0 Å². The number of carbonyl (C=O) groups is 2. The molecule has 6 heteroatoms. The first-order valence-electron chi connectivity index (χ1n) is 5.94. The van der Waals surface area contributed by atoms with Gasteiger partial charge in [0, 0.05) is 11.1 Å². The lowest BCUT2D eigenvalue weighted by Crippen LogP contribution is -2.19. The second-order valence-corrected chi connectivity index (χ2v) is 4.15. The zero-order valence-electron chi connectivity index (χ0n) is 11.5. The number of methoxy groups -OCH3 is 3. The maximum absolute atomic E-state index is 11.6. The van der Waals surface area contributed by atoms with Crippen LogP contribution < -0.4 is 19.5 Å². The van der Waals surface area contributed by atoms with Gasteiger partial charge in [0.2, 0.25) is 11.7 Å². The van der Waals surface area contributed by atoms with Gasteiger partial charge in [-0.2, -0.15) is 0 Å². The van der Waals surface area contributed by atoms with Crippen molar-refractivity contribution in [2.24, 2.45) is 0 Å². The number of hydrogen-bond donors (Lipinski definition) is 1. The van der Waals surface area contributed by atoms with E-state index in [1.807, 2.05) is 0 Å². The molecular weight excluding hydrogens is 262 g/mol. The van der Waals surface area contributed by atoms with Crippen LogP contribution in [0.1, 0.15) is 12.0 Å². The first kappa shape index (κ1) is 13.9. The van der Waals surface area contributed by atoms with E-state index in [0.717, 1.165) is 0 Å². The second-order valence-electron chi connectivity index (χ2n) is 4.15. The van der Waals surface area contributed by atoms with E-state index in [1.165, 1.54) is 21.3 Å². The summed E-state index contributed by atoms with van der Waals surface area (Å²) in [5.41, 5.74) is 1.03. The summed E-state index contributed by atoms with van der Waals surface area (Å²) in [5, 5.41) is 2.23. The SMILES string of the molecule is COc1ccc(C=C2CC(=O)NC2=O)c(OC)c1OC. The third-order valence-corrected chi connectivity index (χ3v) is 2.96. The van der Waals surface area contributed by atoms with E-state index in [9.17, 15) is 9.59 Å². The van der Waals surface area contributed by atoms with E-state index in [0.29, 0.717) is 28.4 Å². The number of rotatable bonds is 4. The summed E-state index contributed by atoms with van der Waals surface area (Å²) < 4.78 is 15.8. The van der Waals surface area contributed by atoms with Gasteiger partial charge < -0.3 is 14.2 Å². The first-order chi connectivity index (χ1) is 9.60. The fourth-order valence-corrected chi connectivity index (χ4v) is 2.05. The van der Waals surface area contributed by atoms with Gasteiger partial charge in [-0.1, -0.05) is 0 Å². The molecule has 0 bridgehead atoms. The molecule has 0 atom stereocenters. The maximum Gasteiger partial charge on any atom is 0.254 e. The van der Waals surface area contributed by atoms with Gasteiger partial charge >= 0.3 is 0 Å². The Hall–Kier alpha value is -2.50. The molecule has 106 valence electrons. The predicted molar refractivity (Wildman–Crippen MR) is 71.8 cm³/mol. The Morgan fingerprint density at radius 3 is 2.25 bits per heavy atom. The Bertz CT molecular complexity index is 591. The molecule has 0 radical (unpaired) electrons. The van der Waals surface area contributed by atoms with Crippen LogP contribution in [0.15, 0.2) is 17.7 Å². The van der Waals surface area contributed by atoms with Crippen LogP contribution in [-0.2, 0) is 9.59 Å². The summed E-state index contributed by atoms with van der Waals surface area (Å²) >= 11 is 0. The number of carbonyl (C=O) groups excluding carboxylic acids is 2. The van der Waals surface area contributed by atoms with Gasteiger partial charge in [-0.05, 0) is 18.2 Å². The van der Waals surface area contributed by atoms with Gasteiger partial charge in [0.25, 0.3) is 5.91 Å². The smallest absolute Gasteiger partial charge is 0.254 e. The molecule has 1 heterocycles. The van der Waals surface area contributed by atoms with Crippen molar-refractivity contribution in [1.29, 1.82) is 0 Å². The highest BCUT2D eigenvalue weighted by molar-refractivity contribution is 6.15. The van der Waals surface area contributed by atoms with Gasteiger partial charge in [0.05, 0.1) is 27.8 Å². The number of imide groups is 1. The van der Waals surface area contributed by atoms with E-state index < -0.39 is 0 Å². The van der Waals surface area contributed by atoms with Gasteiger partial charge in [-0.15, -0.1) is 0 Å². The molecule has 0 spiro atoms. The molecule has 0 unspecified atom stereocenters. The summed E-state index contributed by atoms with van der Waals surface area (Å²) in [6.45, 7) is 0. The summed E-state index contributed by atoms with van der Waals surface area (Å²) in [4.78, 5) is 22.8. The normalized spacial score (nSPS) is 16.2. The topological polar surface area (TPSA) is 73.9 Å². The summed E-state index contributed by atoms with van der Waals surface area (Å²) in [5.74, 6) is 0.728. The van der Waals surface area contributed by atoms with Crippen LogP contribution in [0.4, 0.5) is 0 Å². The molecule has 0 saturated carbocycles. The van der Waals surface area contributed by atoms with E-state index in [4.69, 9.17) is 14.2 Å². The van der Waals surface area contributed by atoms with Crippen molar-refractivity contribution in [3.63, 3.8) is 0 Å². The molecule has 0 aliphatic carbocycles. The fraction of sp³-hybridized carbons (Fsp3) is 0.286. The zero-order chi connectivity index (χ0) is 14.7. The van der Waals surface area contributed by atoms with Crippen molar-refractivity contribution in [2.75, 3.05) is 21.3 Å². The van der Waals surface area contributed by atoms with E-state index >= 15 is 0 Å². The standard InChI is InChI=1S/C14H15NO5/c1-18-10-5-4-8(12(19-2)13(10)20-3)6-9-7-11(16)15-14(9)17/h4-6H,7H2,1-3H3,(H,15,16,17). The Labute approximate surface area is 116 Å². The maximum atomic E-state index is 11.6. The van der Waals surface area contributed by atoms with Crippen LogP contribution in [0.25, 0.3) is 6.08 Å². The van der Waals surface area contributed by atoms with Crippen LogP contribution in [0.2, 0.25) is 0 Å². The second kappa shape index (κ2) is 5.64. The lowest BCUT2D eigenvalue weighted by atomic mass is 10.1. The van der Waals surface area contributed by atoms with Gasteiger partial charge in [-0.25, -0.2) is 0 Å². The number of nitrogens with one attached hydrogen (secondary N) is 1. The van der Waals surface area contributed by atoms with Crippen molar-refractivity contribution in [3.05, 3.63) is 23.3 Å². The molecule has 2 amide bonds. The molecule has 1 aromatic carbocycles. The first-order valence-corrected chi connectivity index (χ1v) is 5.94. The molecule has 2 rings (SSSR count). The Morgan fingerprint density at radius 1 is 1.05 bits per heavy atom. The highest BCUT2D eigenvalue weighted by atomic mass is 16.5. The lowest BCUT2D eigenvalue weighted by molar-refractivity contribution is -0.124. The van der Waals surface area contributed by atoms with E-state index in [2.05, 4.69) is 5.32 Å². The fourth-order valence-electron chi connectivity index (χ4n) is 2.05. The summed E-state index contributed by atoms with van der Waals surface area (Å²) in [6.07, 6.45) is 1.68. The number of benzene rings is 1. The minimum Gasteiger partial charge on any atom is -0.493 e. The van der Waals surface area contributed by atoms with Gasteiger partial charge in [-0.3, -0.25) is 14.9 Å². The minimum absolute atomic E-state index is 0.0658. The molecule has 6 nitrogen and oxygen atoms in total. The average molecular weight is 277 g/mol. The van der Waals surface area contributed by atoms with E-state index in [-0.39, 0.29) is 18.2 Å². The molecular formula is C14H15NO5. The molecule has 1 aliphatic heterocycles. The molecule has 20 heavy (non-hydrogen) atoms. The van der Waals surface area contributed by atoms with Crippen LogP contribution >= 0.6 is 0 Å². The lowest BCUT2D eigenvalue weighted by Gasteiger charge is -2.14. The zero-order valence-corrected chi connectivity index (χ0v) is 11.5. The summed E-state index contributed by atoms with van der Waals surface area (Å²) in [6, 6.07) is 3.45. The Morgan fingerprint density at radius 2 is 1.75 bits per heavy atom. The third kappa shape index (κ3) is 2.45. The molecule has 1 aliphatic rings. The highest BCUT2D eigenvalue weighted by Gasteiger charge is 2.25. The number of amides is 2. The quantitative estimate of drug-likeness (QED) is 0.660. The molecule has 1 fully saturated rings. The summed E-state index contributed by atoms with van der Waals surface area (Å²) in [7, 11) is 4.53. The van der Waals surface area contributed by atoms with Crippen molar-refractivity contribution >= 4 is 17.9 Å². The predicted octanol–water partition coefficient (Wildman–Crippen LogP) is 1.14. The molecule has 1 aromatic rings. The molecule has 0 aromatic heterocycles. The highest BCUT2D eigenvalue weighted by Crippen LogP contribution is 2.40. The van der Waals surface area contributed by atoms with Crippen molar-refractivity contribution in [3.8, 4) is 17.2 Å². The van der Waals surface area contributed by atoms with Crippen molar-refractivity contribution < 1.29 is 23.8 Å².